The van der Waals surface area contributed by atoms with Crippen LogP contribution in [0.1, 0.15) is 0 Å². The van der Waals surface area contributed by atoms with E-state index in [2.05, 4.69) is 101 Å². The summed E-state index contributed by atoms with van der Waals surface area (Å²) in [5.41, 5.74) is 9.07. The minimum absolute atomic E-state index is 0.695. The van der Waals surface area contributed by atoms with Crippen molar-refractivity contribution < 1.29 is 0 Å². The molecule has 43 heavy (non-hydrogen) atoms. The highest BCUT2D eigenvalue weighted by Crippen LogP contribution is 2.41. The number of fused-ring (bicyclic) bond motifs is 3. The Morgan fingerprint density at radius 2 is 1.07 bits per heavy atom. The molecule has 8 aromatic rings. The summed E-state index contributed by atoms with van der Waals surface area (Å²) >= 11 is 1.81. The first-order valence-corrected chi connectivity index (χ1v) is 14.9. The van der Waals surface area contributed by atoms with Crippen LogP contribution < -0.4 is 0 Å². The Morgan fingerprint density at radius 1 is 0.442 bits per heavy atom. The number of thiophene rings is 1. The molecule has 4 aromatic carbocycles. The van der Waals surface area contributed by atoms with Gasteiger partial charge in [0.15, 0.2) is 5.82 Å². The lowest BCUT2D eigenvalue weighted by Gasteiger charge is -2.13. The lowest BCUT2D eigenvalue weighted by Crippen LogP contribution is -1.96. The molecule has 0 bridgehead atoms. The average molecular weight is 569 g/mol. The van der Waals surface area contributed by atoms with Crippen LogP contribution in [0.5, 0.6) is 0 Å². The van der Waals surface area contributed by atoms with E-state index in [9.17, 15) is 0 Å². The molecule has 0 spiro atoms. The maximum Gasteiger partial charge on any atom is 0.160 e. The van der Waals surface area contributed by atoms with Crippen LogP contribution in [-0.2, 0) is 0 Å². The molecule has 0 atom stereocenters. The second-order valence-electron chi connectivity index (χ2n) is 10.4. The third-order valence-corrected chi connectivity index (χ3v) is 8.88. The number of benzene rings is 4. The molecule has 0 saturated heterocycles. The molecule has 202 valence electrons. The molecule has 0 fully saturated rings. The van der Waals surface area contributed by atoms with Crippen LogP contribution in [0.4, 0.5) is 0 Å². The molecular weight excluding hydrogens is 545 g/mol. The molecule has 8 rings (SSSR count). The maximum atomic E-state index is 5.16. The number of hydrogen-bond acceptors (Lipinski definition) is 5. The van der Waals surface area contributed by atoms with E-state index in [1.807, 2.05) is 54.1 Å². The van der Waals surface area contributed by atoms with Crippen molar-refractivity contribution in [3.8, 4) is 56.2 Å². The van der Waals surface area contributed by atoms with Gasteiger partial charge < -0.3 is 0 Å². The molecule has 0 amide bonds. The standard InChI is InChI=1S/C38H24N4S/c1-2-9-25(10-3-1)38-41-34(22-35(42-38)33-15-6-14-32-31-13-4-5-16-36(31)43-37(32)33)30-20-28(26-11-7-17-39-23-26)19-29(21-30)27-12-8-18-40-24-27/h1-24H. The van der Waals surface area contributed by atoms with Crippen molar-refractivity contribution in [3.05, 3.63) is 146 Å². The van der Waals surface area contributed by atoms with Gasteiger partial charge in [0, 0.05) is 72.8 Å². The van der Waals surface area contributed by atoms with Gasteiger partial charge in [0.1, 0.15) is 0 Å². The van der Waals surface area contributed by atoms with Crippen molar-refractivity contribution in [2.75, 3.05) is 0 Å². The Balaban J connectivity index is 1.38. The van der Waals surface area contributed by atoms with Gasteiger partial charge in [0.2, 0.25) is 0 Å². The molecule has 0 aliphatic heterocycles. The predicted molar refractivity (Wildman–Crippen MR) is 178 cm³/mol. The summed E-state index contributed by atoms with van der Waals surface area (Å²) in [6.45, 7) is 0. The lowest BCUT2D eigenvalue weighted by atomic mass is 9.95. The number of rotatable bonds is 5. The summed E-state index contributed by atoms with van der Waals surface area (Å²) in [4.78, 5) is 19.1. The maximum absolute atomic E-state index is 5.16. The fourth-order valence-corrected chi connectivity index (χ4v) is 6.80. The minimum atomic E-state index is 0.695. The van der Waals surface area contributed by atoms with Gasteiger partial charge in [-0.1, -0.05) is 78.9 Å². The van der Waals surface area contributed by atoms with Crippen LogP contribution >= 0.6 is 11.3 Å². The van der Waals surface area contributed by atoms with Gasteiger partial charge in [-0.15, -0.1) is 11.3 Å². The van der Waals surface area contributed by atoms with Gasteiger partial charge in [-0.3, -0.25) is 9.97 Å². The Morgan fingerprint density at radius 3 is 1.79 bits per heavy atom. The van der Waals surface area contributed by atoms with E-state index >= 15 is 0 Å². The van der Waals surface area contributed by atoms with Crippen molar-refractivity contribution in [1.29, 1.82) is 0 Å². The van der Waals surface area contributed by atoms with Crippen molar-refractivity contribution >= 4 is 31.5 Å². The third kappa shape index (κ3) is 4.76. The van der Waals surface area contributed by atoms with Crippen LogP contribution in [-0.4, -0.2) is 19.9 Å². The molecule has 0 unspecified atom stereocenters. The lowest BCUT2D eigenvalue weighted by molar-refractivity contribution is 1.19. The summed E-state index contributed by atoms with van der Waals surface area (Å²) in [6, 6.07) is 42.1. The summed E-state index contributed by atoms with van der Waals surface area (Å²) < 4.78 is 2.50. The molecule has 5 heteroatoms. The Hall–Kier alpha value is -5.52. The molecule has 0 saturated carbocycles. The van der Waals surface area contributed by atoms with Gasteiger partial charge in [0.05, 0.1) is 11.4 Å². The Kier molecular flexibility index (Phi) is 6.28. The van der Waals surface area contributed by atoms with Crippen molar-refractivity contribution in [2.45, 2.75) is 0 Å². The highest BCUT2D eigenvalue weighted by Gasteiger charge is 2.16. The summed E-state index contributed by atoms with van der Waals surface area (Å²) in [5, 5.41) is 2.52. The summed E-state index contributed by atoms with van der Waals surface area (Å²) in [6.07, 6.45) is 7.39. The van der Waals surface area contributed by atoms with Gasteiger partial charge in [-0.2, -0.15) is 0 Å². The van der Waals surface area contributed by atoms with E-state index < -0.39 is 0 Å². The molecule has 4 heterocycles. The third-order valence-electron chi connectivity index (χ3n) is 7.66. The number of aromatic nitrogens is 4. The zero-order valence-corrected chi connectivity index (χ0v) is 23.9. The van der Waals surface area contributed by atoms with E-state index in [0.29, 0.717) is 5.82 Å². The second kappa shape index (κ2) is 10.7. The number of pyridine rings is 2. The van der Waals surface area contributed by atoms with Crippen LogP contribution in [0.15, 0.2) is 146 Å². The first kappa shape index (κ1) is 25.2. The van der Waals surface area contributed by atoms with Gasteiger partial charge in [0.25, 0.3) is 0 Å². The smallest absolute Gasteiger partial charge is 0.160 e. The monoisotopic (exact) mass is 568 g/mol. The van der Waals surface area contributed by atoms with Gasteiger partial charge in [-0.05, 0) is 53.6 Å². The molecule has 0 radical (unpaired) electrons. The number of hydrogen-bond donors (Lipinski definition) is 0. The molecule has 0 N–H and O–H groups in total. The fourth-order valence-electron chi connectivity index (χ4n) is 5.57. The first-order valence-electron chi connectivity index (χ1n) is 14.1. The molecule has 0 aliphatic rings. The van der Waals surface area contributed by atoms with Crippen LogP contribution in [0.25, 0.3) is 76.3 Å². The first-order chi connectivity index (χ1) is 21.3. The topological polar surface area (TPSA) is 51.6 Å². The largest absolute Gasteiger partial charge is 0.264 e. The fraction of sp³-hybridized carbons (Fsp3) is 0. The zero-order valence-electron chi connectivity index (χ0n) is 23.1. The van der Waals surface area contributed by atoms with Crippen LogP contribution in [0.3, 0.4) is 0 Å². The van der Waals surface area contributed by atoms with Crippen molar-refractivity contribution in [1.82, 2.24) is 19.9 Å². The van der Waals surface area contributed by atoms with Crippen LogP contribution in [0, 0.1) is 0 Å². The molecule has 4 aromatic heterocycles. The van der Waals surface area contributed by atoms with E-state index in [1.165, 1.54) is 20.2 Å². The van der Waals surface area contributed by atoms with Gasteiger partial charge in [-0.25, -0.2) is 9.97 Å². The van der Waals surface area contributed by atoms with Crippen molar-refractivity contribution in [3.63, 3.8) is 0 Å². The SMILES string of the molecule is c1ccc(-c2nc(-c3cc(-c4cccnc4)cc(-c4cccnc4)c3)cc(-c3cccc4c3sc3ccccc34)n2)cc1. The quantitative estimate of drug-likeness (QED) is 0.207. The molecular formula is C38H24N4S. The predicted octanol–water partition coefficient (Wildman–Crippen LogP) is 9.97. The summed E-state index contributed by atoms with van der Waals surface area (Å²) in [7, 11) is 0. The van der Waals surface area contributed by atoms with Crippen molar-refractivity contribution in [2.24, 2.45) is 0 Å². The average Bonchev–Trinajstić information content (AvgIpc) is 3.48. The van der Waals surface area contributed by atoms with E-state index in [0.717, 1.165) is 50.3 Å². The minimum Gasteiger partial charge on any atom is -0.264 e. The van der Waals surface area contributed by atoms with Crippen LogP contribution in [0.2, 0.25) is 0 Å². The molecule has 0 aliphatic carbocycles. The normalized spacial score (nSPS) is 11.3. The van der Waals surface area contributed by atoms with E-state index in [1.54, 1.807) is 12.4 Å². The highest BCUT2D eigenvalue weighted by molar-refractivity contribution is 7.26. The summed E-state index contributed by atoms with van der Waals surface area (Å²) in [5.74, 6) is 0.695. The Labute approximate surface area is 253 Å². The van der Waals surface area contributed by atoms with Gasteiger partial charge >= 0.3 is 0 Å². The van der Waals surface area contributed by atoms with E-state index in [4.69, 9.17) is 9.97 Å². The zero-order chi connectivity index (χ0) is 28.6. The highest BCUT2D eigenvalue weighted by atomic mass is 32.1. The molecule has 4 nitrogen and oxygen atoms in total. The Bertz CT molecular complexity index is 2170. The number of nitrogens with zero attached hydrogens (tertiary/aromatic N) is 4. The van der Waals surface area contributed by atoms with E-state index in [-0.39, 0.29) is 0 Å². The second-order valence-corrected chi connectivity index (χ2v) is 11.4.